The first-order chi connectivity index (χ1) is 12.0. The molecule has 0 bridgehead atoms. The van der Waals surface area contributed by atoms with Crippen molar-refractivity contribution in [2.24, 2.45) is 0 Å². The molecule has 25 heavy (non-hydrogen) atoms. The van der Waals surface area contributed by atoms with Crippen LogP contribution >= 0.6 is 59.6 Å². The number of benzene rings is 3. The Labute approximate surface area is 177 Å². The maximum absolute atomic E-state index is 5.74. The van der Waals surface area contributed by atoms with Crippen LogP contribution in [0.2, 0.25) is 0 Å². The van der Waals surface area contributed by atoms with Gasteiger partial charge in [0.05, 0.1) is 0 Å². The Morgan fingerprint density at radius 3 is 1.88 bits per heavy atom. The van der Waals surface area contributed by atoms with Gasteiger partial charge < -0.3 is 11.5 Å². The van der Waals surface area contributed by atoms with Crippen molar-refractivity contribution in [3.8, 4) is 0 Å². The molecule has 130 valence electrons. The summed E-state index contributed by atoms with van der Waals surface area (Å²) in [4.78, 5) is 1.23. The third-order valence-corrected chi connectivity index (χ3v) is 6.11. The molecule has 3 rings (SSSR count). The van der Waals surface area contributed by atoms with E-state index in [1.54, 1.807) is 0 Å². The summed E-state index contributed by atoms with van der Waals surface area (Å²) in [6.07, 6.45) is 0. The molecule has 0 amide bonds. The van der Waals surface area contributed by atoms with E-state index >= 15 is 0 Å². The largest absolute Gasteiger partial charge is 0.398 e. The molecule has 0 aliphatic carbocycles. The van der Waals surface area contributed by atoms with Crippen LogP contribution in [0.15, 0.2) is 85.0 Å². The minimum atomic E-state index is 0.762. The lowest BCUT2D eigenvalue weighted by molar-refractivity contribution is 1.37. The summed E-state index contributed by atoms with van der Waals surface area (Å²) in [6.45, 7) is 0. The maximum Gasteiger partial charge on any atom is 0.0459 e. The Hall–Kier alpha value is -0.950. The highest BCUT2D eigenvalue weighted by Crippen LogP contribution is 2.28. The topological polar surface area (TPSA) is 52.0 Å². The number of rotatable bonds is 3. The Balaban J connectivity index is 0.000000212. The molecular formula is C19H17Br3N2S. The number of hydrogen-bond donors (Lipinski definition) is 2. The van der Waals surface area contributed by atoms with Gasteiger partial charge in [-0.3, -0.25) is 0 Å². The lowest BCUT2D eigenvalue weighted by Crippen LogP contribution is -1.86. The standard InChI is InChI=1S/C13H12BrNS.C6H5Br2N/c14-12-8-11(6-7-13(12)15)16-9-10-4-2-1-3-5-10;7-4-1-2-6(9)5(8)3-4/h1-8H,9,15H2;1-3H,9H2. The van der Waals surface area contributed by atoms with E-state index in [0.717, 1.165) is 30.5 Å². The van der Waals surface area contributed by atoms with E-state index in [1.165, 1.54) is 10.5 Å². The average molecular weight is 545 g/mol. The smallest absolute Gasteiger partial charge is 0.0459 e. The third-order valence-electron chi connectivity index (χ3n) is 3.18. The summed E-state index contributed by atoms with van der Waals surface area (Å²) in [5, 5.41) is 0. The van der Waals surface area contributed by atoms with Crippen molar-refractivity contribution >= 4 is 70.9 Å². The van der Waals surface area contributed by atoms with Crippen molar-refractivity contribution in [3.05, 3.63) is 85.7 Å². The molecular weight excluding hydrogens is 528 g/mol. The highest BCUT2D eigenvalue weighted by Gasteiger charge is 1.99. The van der Waals surface area contributed by atoms with E-state index in [1.807, 2.05) is 48.2 Å². The van der Waals surface area contributed by atoms with Gasteiger partial charge in [0.15, 0.2) is 0 Å². The highest BCUT2D eigenvalue weighted by molar-refractivity contribution is 9.11. The molecule has 0 fully saturated rings. The van der Waals surface area contributed by atoms with Gasteiger partial charge in [0.25, 0.3) is 0 Å². The number of thioether (sulfide) groups is 1. The van der Waals surface area contributed by atoms with Gasteiger partial charge in [-0.05, 0) is 73.8 Å². The van der Waals surface area contributed by atoms with Crippen LogP contribution in [0, 0.1) is 0 Å². The Morgan fingerprint density at radius 2 is 1.32 bits per heavy atom. The van der Waals surface area contributed by atoms with Crippen LogP contribution < -0.4 is 11.5 Å². The second kappa shape index (κ2) is 10.3. The van der Waals surface area contributed by atoms with Gasteiger partial charge in [-0.15, -0.1) is 11.8 Å². The van der Waals surface area contributed by atoms with Crippen LogP contribution in [0.1, 0.15) is 5.56 Å². The molecule has 0 saturated heterocycles. The number of halogens is 3. The van der Waals surface area contributed by atoms with Gasteiger partial charge in [-0.2, -0.15) is 0 Å². The minimum Gasteiger partial charge on any atom is -0.398 e. The summed E-state index contributed by atoms with van der Waals surface area (Å²) in [5.41, 5.74) is 14.1. The molecule has 3 aromatic carbocycles. The molecule has 0 heterocycles. The molecule has 3 aromatic rings. The summed E-state index contributed by atoms with van der Waals surface area (Å²) in [5.74, 6) is 0.983. The van der Waals surface area contributed by atoms with Gasteiger partial charge in [0.1, 0.15) is 0 Å². The van der Waals surface area contributed by atoms with Crippen molar-refractivity contribution in [3.63, 3.8) is 0 Å². The van der Waals surface area contributed by atoms with Crippen LogP contribution in [0.5, 0.6) is 0 Å². The number of nitrogens with two attached hydrogens (primary N) is 2. The van der Waals surface area contributed by atoms with Crippen molar-refractivity contribution < 1.29 is 0 Å². The molecule has 6 heteroatoms. The molecule has 0 atom stereocenters. The fourth-order valence-electron chi connectivity index (χ4n) is 1.84. The van der Waals surface area contributed by atoms with Crippen molar-refractivity contribution in [1.29, 1.82) is 0 Å². The Bertz CT molecular complexity index is 826. The monoisotopic (exact) mass is 542 g/mol. The van der Waals surface area contributed by atoms with Crippen LogP contribution in [0.4, 0.5) is 11.4 Å². The Morgan fingerprint density at radius 1 is 0.720 bits per heavy atom. The van der Waals surface area contributed by atoms with Crippen molar-refractivity contribution in [2.75, 3.05) is 11.5 Å². The SMILES string of the molecule is Nc1ccc(Br)cc1Br.Nc1ccc(SCc2ccccc2)cc1Br. The van der Waals surface area contributed by atoms with E-state index in [4.69, 9.17) is 11.5 Å². The molecule has 0 aromatic heterocycles. The summed E-state index contributed by atoms with van der Waals surface area (Å²) >= 11 is 11.8. The average Bonchev–Trinajstić information content (AvgIpc) is 2.61. The molecule has 0 aliphatic rings. The molecule has 0 radical (unpaired) electrons. The lowest BCUT2D eigenvalue weighted by atomic mass is 10.2. The zero-order valence-electron chi connectivity index (χ0n) is 13.3. The van der Waals surface area contributed by atoms with Gasteiger partial charge in [-0.25, -0.2) is 0 Å². The quantitative estimate of drug-likeness (QED) is 0.273. The zero-order chi connectivity index (χ0) is 18.2. The number of nitrogen functional groups attached to an aromatic ring is 2. The lowest BCUT2D eigenvalue weighted by Gasteiger charge is -2.04. The minimum absolute atomic E-state index is 0.762. The van der Waals surface area contributed by atoms with E-state index in [-0.39, 0.29) is 0 Å². The van der Waals surface area contributed by atoms with Crippen LogP contribution in [0.25, 0.3) is 0 Å². The van der Waals surface area contributed by atoms with Crippen LogP contribution in [-0.4, -0.2) is 0 Å². The predicted molar refractivity (Wildman–Crippen MR) is 121 cm³/mol. The van der Waals surface area contributed by atoms with E-state index in [2.05, 4.69) is 78.1 Å². The van der Waals surface area contributed by atoms with E-state index in [0.29, 0.717) is 0 Å². The molecule has 2 nitrogen and oxygen atoms in total. The van der Waals surface area contributed by atoms with Gasteiger partial charge >= 0.3 is 0 Å². The van der Waals surface area contributed by atoms with Crippen molar-refractivity contribution in [2.45, 2.75) is 10.6 Å². The fraction of sp³-hybridized carbons (Fsp3) is 0.0526. The van der Waals surface area contributed by atoms with Crippen LogP contribution in [0.3, 0.4) is 0 Å². The van der Waals surface area contributed by atoms with E-state index in [9.17, 15) is 0 Å². The molecule has 0 saturated carbocycles. The third kappa shape index (κ3) is 7.05. The fourth-order valence-corrected chi connectivity index (χ4v) is 4.31. The zero-order valence-corrected chi connectivity index (χ0v) is 18.8. The predicted octanol–water partition coefficient (Wildman–Crippen LogP) is 7.12. The second-order valence-electron chi connectivity index (χ2n) is 5.12. The molecule has 0 unspecified atom stereocenters. The number of hydrogen-bond acceptors (Lipinski definition) is 3. The van der Waals surface area contributed by atoms with Gasteiger partial charge in [0, 0.05) is 35.4 Å². The first-order valence-corrected chi connectivity index (χ1v) is 10.7. The van der Waals surface area contributed by atoms with Crippen LogP contribution in [-0.2, 0) is 5.75 Å². The van der Waals surface area contributed by atoms with E-state index < -0.39 is 0 Å². The normalized spacial score (nSPS) is 10.0. The second-order valence-corrected chi connectivity index (χ2v) is 8.80. The molecule has 0 aliphatic heterocycles. The van der Waals surface area contributed by atoms with Crippen molar-refractivity contribution in [1.82, 2.24) is 0 Å². The summed E-state index contributed by atoms with van der Waals surface area (Å²) < 4.78 is 2.92. The first-order valence-electron chi connectivity index (χ1n) is 7.38. The molecule has 0 spiro atoms. The Kier molecular flexibility index (Phi) is 8.36. The summed E-state index contributed by atoms with van der Waals surface area (Å²) in [7, 11) is 0. The molecule has 4 N–H and O–H groups in total. The highest BCUT2D eigenvalue weighted by atomic mass is 79.9. The summed E-state index contributed by atoms with van der Waals surface area (Å²) in [6, 6.07) is 22.1. The number of anilines is 2. The van der Waals surface area contributed by atoms with Gasteiger partial charge in [0.2, 0.25) is 0 Å². The van der Waals surface area contributed by atoms with Gasteiger partial charge in [-0.1, -0.05) is 46.3 Å². The maximum atomic E-state index is 5.74. The first kappa shape index (κ1) is 20.4.